The zero-order valence-electron chi connectivity index (χ0n) is 14.1. The second-order valence-electron chi connectivity index (χ2n) is 5.68. The molecule has 3 rings (SSSR count). The van der Waals surface area contributed by atoms with Crippen LogP contribution in [0.15, 0.2) is 63.8 Å². The van der Waals surface area contributed by atoms with E-state index in [1.165, 1.54) is 6.07 Å². The van der Waals surface area contributed by atoms with E-state index in [1.807, 2.05) is 0 Å². The van der Waals surface area contributed by atoms with Crippen LogP contribution in [0.1, 0.15) is 15.9 Å². The van der Waals surface area contributed by atoms with Gasteiger partial charge in [-0.1, -0.05) is 18.2 Å². The molecule has 1 aromatic heterocycles. The molecule has 28 heavy (non-hydrogen) atoms. The topological polar surface area (TPSA) is 85.6 Å². The molecule has 1 heterocycles. The summed E-state index contributed by atoms with van der Waals surface area (Å²) in [6.07, 6.45) is -4.49. The summed E-state index contributed by atoms with van der Waals surface area (Å²) in [5.41, 5.74) is -1.75. The van der Waals surface area contributed by atoms with Gasteiger partial charge in [-0.2, -0.15) is 13.2 Å². The Hall–Kier alpha value is -3.62. The van der Waals surface area contributed by atoms with Crippen LogP contribution < -0.4 is 10.9 Å². The minimum atomic E-state index is -4.49. The van der Waals surface area contributed by atoms with Gasteiger partial charge in [0, 0.05) is 11.1 Å². The average molecular weight is 391 g/mol. The van der Waals surface area contributed by atoms with Crippen molar-refractivity contribution in [2.24, 2.45) is 0 Å². The Balaban J connectivity index is 1.62. The van der Waals surface area contributed by atoms with Gasteiger partial charge in [0.25, 0.3) is 5.91 Å². The lowest BCUT2D eigenvalue weighted by Gasteiger charge is -2.09. The van der Waals surface area contributed by atoms with Gasteiger partial charge in [-0.15, -0.1) is 0 Å². The number of anilines is 1. The fraction of sp³-hybridized carbons (Fsp3) is 0.105. The van der Waals surface area contributed by atoms with Crippen LogP contribution in [-0.4, -0.2) is 18.5 Å². The Morgan fingerprint density at radius 1 is 1.04 bits per heavy atom. The number of ether oxygens (including phenoxy) is 1. The Bertz CT molecular complexity index is 1090. The zero-order chi connectivity index (χ0) is 20.3. The first-order chi connectivity index (χ1) is 13.2. The highest BCUT2D eigenvalue weighted by atomic mass is 19.4. The molecule has 0 spiro atoms. The summed E-state index contributed by atoms with van der Waals surface area (Å²) in [6.45, 7) is -0.730. The molecular weight excluding hydrogens is 379 g/mol. The normalized spacial score (nSPS) is 11.2. The van der Waals surface area contributed by atoms with Gasteiger partial charge in [0.05, 0.1) is 5.56 Å². The van der Waals surface area contributed by atoms with Gasteiger partial charge in [0.1, 0.15) is 11.1 Å². The van der Waals surface area contributed by atoms with Crippen LogP contribution in [0, 0.1) is 0 Å². The largest absolute Gasteiger partial charge is 0.452 e. The predicted octanol–water partition coefficient (Wildman–Crippen LogP) is 3.61. The van der Waals surface area contributed by atoms with E-state index in [0.717, 1.165) is 24.3 Å². The minimum Gasteiger partial charge on any atom is -0.452 e. The SMILES string of the molecule is O=C(COC(=O)c1cc2ccccc2oc1=O)Nc1ccc(C(F)(F)F)cc1. The molecule has 3 aromatic rings. The van der Waals surface area contributed by atoms with E-state index in [0.29, 0.717) is 11.0 Å². The van der Waals surface area contributed by atoms with Crippen molar-refractivity contribution >= 4 is 28.5 Å². The second kappa shape index (κ2) is 7.55. The molecule has 0 aliphatic rings. The van der Waals surface area contributed by atoms with Gasteiger partial charge in [-0.05, 0) is 36.4 Å². The van der Waals surface area contributed by atoms with Gasteiger partial charge in [-0.3, -0.25) is 4.79 Å². The lowest BCUT2D eigenvalue weighted by Crippen LogP contribution is -2.23. The monoisotopic (exact) mass is 391 g/mol. The van der Waals surface area contributed by atoms with Gasteiger partial charge in [-0.25, -0.2) is 9.59 Å². The summed E-state index contributed by atoms with van der Waals surface area (Å²) in [6, 6.07) is 11.6. The standard InChI is InChI=1S/C19H12F3NO5/c20-19(21,22)12-5-7-13(8-6-12)23-16(24)10-27-17(25)14-9-11-3-1-2-4-15(11)28-18(14)26/h1-9H,10H2,(H,23,24). The van der Waals surface area contributed by atoms with E-state index in [-0.39, 0.29) is 11.3 Å². The quantitative estimate of drug-likeness (QED) is 0.543. The fourth-order valence-electron chi connectivity index (χ4n) is 2.35. The first-order valence-corrected chi connectivity index (χ1v) is 7.91. The molecule has 0 saturated carbocycles. The first-order valence-electron chi connectivity index (χ1n) is 7.91. The number of fused-ring (bicyclic) bond motifs is 1. The Morgan fingerprint density at radius 2 is 1.71 bits per heavy atom. The summed E-state index contributed by atoms with van der Waals surface area (Å²) >= 11 is 0. The van der Waals surface area contributed by atoms with Gasteiger partial charge in [0.2, 0.25) is 0 Å². The van der Waals surface area contributed by atoms with Gasteiger partial charge >= 0.3 is 17.8 Å². The minimum absolute atomic E-state index is 0.0965. The molecule has 144 valence electrons. The molecule has 0 bridgehead atoms. The van der Waals surface area contributed by atoms with Crippen LogP contribution in [0.25, 0.3) is 11.0 Å². The maximum absolute atomic E-state index is 12.5. The number of alkyl halides is 3. The molecule has 0 aliphatic carbocycles. The van der Waals surface area contributed by atoms with Crippen molar-refractivity contribution in [1.82, 2.24) is 0 Å². The van der Waals surface area contributed by atoms with Crippen molar-refractivity contribution in [3.63, 3.8) is 0 Å². The molecule has 1 amide bonds. The van der Waals surface area contributed by atoms with E-state index in [2.05, 4.69) is 5.32 Å². The van der Waals surface area contributed by atoms with E-state index in [9.17, 15) is 27.6 Å². The number of para-hydroxylation sites is 1. The number of halogens is 3. The molecule has 9 heteroatoms. The fourth-order valence-corrected chi connectivity index (χ4v) is 2.35. The Kier molecular flexibility index (Phi) is 5.16. The van der Waals surface area contributed by atoms with E-state index < -0.39 is 35.8 Å². The molecule has 2 aromatic carbocycles. The van der Waals surface area contributed by atoms with Gasteiger partial charge < -0.3 is 14.5 Å². The predicted molar refractivity (Wildman–Crippen MR) is 92.8 cm³/mol. The molecule has 0 saturated heterocycles. The van der Waals surface area contributed by atoms with E-state index in [1.54, 1.807) is 24.3 Å². The number of carbonyl (C=O) groups is 2. The number of amides is 1. The molecule has 1 N–H and O–H groups in total. The van der Waals surface area contributed by atoms with Crippen molar-refractivity contribution in [2.75, 3.05) is 11.9 Å². The van der Waals surface area contributed by atoms with Crippen LogP contribution in [0.2, 0.25) is 0 Å². The van der Waals surface area contributed by atoms with Crippen LogP contribution in [-0.2, 0) is 15.7 Å². The zero-order valence-corrected chi connectivity index (χ0v) is 14.1. The van der Waals surface area contributed by atoms with Crippen molar-refractivity contribution in [2.45, 2.75) is 6.18 Å². The van der Waals surface area contributed by atoms with Gasteiger partial charge in [0.15, 0.2) is 6.61 Å². The summed E-state index contributed by atoms with van der Waals surface area (Å²) in [5.74, 6) is -1.83. The third-order valence-corrected chi connectivity index (χ3v) is 3.69. The molecule has 0 unspecified atom stereocenters. The maximum atomic E-state index is 12.5. The average Bonchev–Trinajstić information content (AvgIpc) is 2.65. The second-order valence-corrected chi connectivity index (χ2v) is 5.68. The number of nitrogens with one attached hydrogen (secondary N) is 1. The van der Waals surface area contributed by atoms with E-state index >= 15 is 0 Å². The molecular formula is C19H12F3NO5. The smallest absolute Gasteiger partial charge is 0.416 e. The molecule has 0 aliphatic heterocycles. The number of hydrogen-bond acceptors (Lipinski definition) is 5. The maximum Gasteiger partial charge on any atom is 0.416 e. The highest BCUT2D eigenvalue weighted by molar-refractivity contribution is 5.96. The number of rotatable bonds is 4. The van der Waals surface area contributed by atoms with E-state index in [4.69, 9.17) is 9.15 Å². The van der Waals surface area contributed by atoms with Crippen molar-refractivity contribution in [3.8, 4) is 0 Å². The first kappa shape index (κ1) is 19.2. The van der Waals surface area contributed by atoms with Crippen LogP contribution in [0.5, 0.6) is 0 Å². The third-order valence-electron chi connectivity index (χ3n) is 3.69. The lowest BCUT2D eigenvalue weighted by atomic mass is 10.2. The Labute approximate surface area is 155 Å². The summed E-state index contributed by atoms with van der Waals surface area (Å²) in [5, 5.41) is 2.79. The lowest BCUT2D eigenvalue weighted by molar-refractivity contribution is -0.137. The summed E-state index contributed by atoms with van der Waals surface area (Å²) < 4.78 is 47.3. The molecule has 0 fully saturated rings. The Morgan fingerprint density at radius 3 is 2.39 bits per heavy atom. The molecule has 0 radical (unpaired) electrons. The molecule has 0 atom stereocenters. The highest BCUT2D eigenvalue weighted by Gasteiger charge is 2.30. The number of esters is 1. The summed E-state index contributed by atoms with van der Waals surface area (Å²) in [7, 11) is 0. The van der Waals surface area contributed by atoms with Crippen LogP contribution >= 0.6 is 0 Å². The van der Waals surface area contributed by atoms with Crippen LogP contribution in [0.3, 0.4) is 0 Å². The number of carbonyl (C=O) groups excluding carboxylic acids is 2. The third kappa shape index (κ3) is 4.37. The van der Waals surface area contributed by atoms with Crippen molar-refractivity contribution in [1.29, 1.82) is 0 Å². The van der Waals surface area contributed by atoms with Crippen molar-refractivity contribution in [3.05, 3.63) is 76.1 Å². The van der Waals surface area contributed by atoms with Crippen molar-refractivity contribution < 1.29 is 31.9 Å². The highest BCUT2D eigenvalue weighted by Crippen LogP contribution is 2.29. The van der Waals surface area contributed by atoms with Crippen LogP contribution in [0.4, 0.5) is 18.9 Å². The number of benzene rings is 2. The number of hydrogen-bond donors (Lipinski definition) is 1. The molecule has 6 nitrogen and oxygen atoms in total. The summed E-state index contributed by atoms with van der Waals surface area (Å²) in [4.78, 5) is 35.7.